The highest BCUT2D eigenvalue weighted by atomic mass is 79.9. The van der Waals surface area contributed by atoms with Crippen LogP contribution in [0.25, 0.3) is 17.0 Å². The summed E-state index contributed by atoms with van der Waals surface area (Å²) in [7, 11) is 2.73. The molecular formula is C22H19BrN2O6. The summed E-state index contributed by atoms with van der Waals surface area (Å²) in [5, 5.41) is 0.461. The molecule has 0 saturated carbocycles. The zero-order valence-electron chi connectivity index (χ0n) is 16.8. The molecule has 1 aromatic heterocycles. The van der Waals surface area contributed by atoms with Crippen LogP contribution in [0.5, 0.6) is 11.5 Å². The molecule has 0 saturated heterocycles. The maximum atomic E-state index is 12.6. The van der Waals surface area contributed by atoms with Crippen molar-refractivity contribution in [1.29, 1.82) is 0 Å². The van der Waals surface area contributed by atoms with Crippen LogP contribution < -0.4 is 15.0 Å². The monoisotopic (exact) mass is 486 g/mol. The van der Waals surface area contributed by atoms with Gasteiger partial charge in [0.15, 0.2) is 11.5 Å². The Morgan fingerprint density at radius 1 is 1.13 bits per heavy atom. The number of aromatic nitrogens is 2. The summed E-state index contributed by atoms with van der Waals surface area (Å²) in [6.07, 6.45) is 4.20. The summed E-state index contributed by atoms with van der Waals surface area (Å²) < 4.78 is 17.3. The molecule has 0 unspecified atom stereocenters. The van der Waals surface area contributed by atoms with Crippen LogP contribution >= 0.6 is 15.9 Å². The van der Waals surface area contributed by atoms with Crippen molar-refractivity contribution in [3.63, 3.8) is 0 Å². The fraction of sp³-hybridized carbons (Fsp3) is 0.182. The predicted octanol–water partition coefficient (Wildman–Crippen LogP) is 3.35. The van der Waals surface area contributed by atoms with Gasteiger partial charge >= 0.3 is 11.9 Å². The molecule has 31 heavy (non-hydrogen) atoms. The standard InChI is InChI=1S/C22H19BrN2O6/c1-29-19-11-14(4-8-20(26)30-2)3-7-18(19)31-21(27)9-10-25-13-24-17-6-5-15(23)12-16(17)22(25)28/h3-8,11-13H,9-10H2,1-2H3/b8-4+. The van der Waals surface area contributed by atoms with E-state index in [1.54, 1.807) is 42.5 Å². The minimum Gasteiger partial charge on any atom is -0.493 e. The maximum absolute atomic E-state index is 12.6. The van der Waals surface area contributed by atoms with Crippen molar-refractivity contribution in [2.24, 2.45) is 0 Å². The van der Waals surface area contributed by atoms with Crippen molar-refractivity contribution in [1.82, 2.24) is 9.55 Å². The van der Waals surface area contributed by atoms with E-state index >= 15 is 0 Å². The molecule has 1 heterocycles. The molecule has 0 amide bonds. The van der Waals surface area contributed by atoms with Gasteiger partial charge in [-0.15, -0.1) is 0 Å². The second kappa shape index (κ2) is 10.0. The SMILES string of the molecule is COC(=O)/C=C/c1ccc(OC(=O)CCn2cnc3ccc(Br)cc3c2=O)c(OC)c1. The third kappa shape index (κ3) is 5.58. The Bertz CT molecular complexity index is 1220. The second-order valence-corrected chi connectivity index (χ2v) is 7.31. The number of rotatable bonds is 7. The molecule has 8 nitrogen and oxygen atoms in total. The summed E-state index contributed by atoms with van der Waals surface area (Å²) in [6, 6.07) is 10.1. The van der Waals surface area contributed by atoms with Crippen LogP contribution in [0.2, 0.25) is 0 Å². The number of carbonyl (C=O) groups is 2. The minimum atomic E-state index is -0.530. The second-order valence-electron chi connectivity index (χ2n) is 6.40. The Morgan fingerprint density at radius 3 is 2.68 bits per heavy atom. The summed E-state index contributed by atoms with van der Waals surface area (Å²) in [6.45, 7) is 0.120. The lowest BCUT2D eigenvalue weighted by molar-refractivity contribution is -0.135. The zero-order valence-corrected chi connectivity index (χ0v) is 18.4. The lowest BCUT2D eigenvalue weighted by atomic mass is 10.2. The molecule has 0 radical (unpaired) electrons. The van der Waals surface area contributed by atoms with E-state index in [2.05, 4.69) is 25.7 Å². The number of hydrogen-bond acceptors (Lipinski definition) is 7. The van der Waals surface area contributed by atoms with Gasteiger partial charge in [-0.1, -0.05) is 22.0 Å². The smallest absolute Gasteiger partial charge is 0.330 e. The van der Waals surface area contributed by atoms with Gasteiger partial charge in [-0.3, -0.25) is 14.2 Å². The molecular weight excluding hydrogens is 468 g/mol. The van der Waals surface area contributed by atoms with Gasteiger partial charge in [-0.25, -0.2) is 9.78 Å². The summed E-state index contributed by atoms with van der Waals surface area (Å²) in [5.41, 5.74) is 1.01. The van der Waals surface area contributed by atoms with Crippen LogP contribution in [0.1, 0.15) is 12.0 Å². The van der Waals surface area contributed by atoms with Crippen molar-refractivity contribution in [3.8, 4) is 11.5 Å². The maximum Gasteiger partial charge on any atom is 0.330 e. The number of aryl methyl sites for hydroxylation is 1. The number of halogens is 1. The first kappa shape index (κ1) is 22.2. The molecule has 0 N–H and O–H groups in total. The molecule has 0 spiro atoms. The number of esters is 2. The average molecular weight is 487 g/mol. The first-order valence-electron chi connectivity index (χ1n) is 9.20. The lowest BCUT2D eigenvalue weighted by Gasteiger charge is -2.11. The van der Waals surface area contributed by atoms with E-state index in [-0.39, 0.29) is 24.3 Å². The van der Waals surface area contributed by atoms with E-state index in [0.717, 1.165) is 4.47 Å². The number of methoxy groups -OCH3 is 2. The number of benzene rings is 2. The highest BCUT2D eigenvalue weighted by Gasteiger charge is 2.12. The Labute approximate surface area is 186 Å². The lowest BCUT2D eigenvalue weighted by Crippen LogP contribution is -2.23. The Morgan fingerprint density at radius 2 is 1.94 bits per heavy atom. The van der Waals surface area contributed by atoms with Gasteiger partial charge < -0.3 is 14.2 Å². The average Bonchev–Trinajstić information content (AvgIpc) is 2.78. The van der Waals surface area contributed by atoms with E-state index < -0.39 is 11.9 Å². The van der Waals surface area contributed by atoms with Crippen molar-refractivity contribution in [2.75, 3.05) is 14.2 Å². The Hall–Kier alpha value is -3.46. The van der Waals surface area contributed by atoms with Crippen molar-refractivity contribution in [3.05, 3.63) is 69.2 Å². The van der Waals surface area contributed by atoms with Crippen LogP contribution in [-0.4, -0.2) is 35.7 Å². The highest BCUT2D eigenvalue weighted by Crippen LogP contribution is 2.29. The molecule has 2 aromatic carbocycles. The zero-order chi connectivity index (χ0) is 22.4. The van der Waals surface area contributed by atoms with Crippen LogP contribution in [0.15, 0.2) is 58.1 Å². The number of carbonyl (C=O) groups excluding carboxylic acids is 2. The quantitative estimate of drug-likeness (QED) is 0.287. The Kier molecular flexibility index (Phi) is 7.19. The normalized spacial score (nSPS) is 10.9. The molecule has 3 aromatic rings. The summed E-state index contributed by atoms with van der Waals surface area (Å²) in [4.78, 5) is 40.4. The molecule has 9 heteroatoms. The first-order valence-corrected chi connectivity index (χ1v) is 10.00. The highest BCUT2D eigenvalue weighted by molar-refractivity contribution is 9.10. The van der Waals surface area contributed by atoms with Crippen molar-refractivity contribution in [2.45, 2.75) is 13.0 Å². The van der Waals surface area contributed by atoms with Gasteiger partial charge in [0.25, 0.3) is 5.56 Å². The van der Waals surface area contributed by atoms with Gasteiger partial charge in [0.1, 0.15) is 0 Å². The predicted molar refractivity (Wildman–Crippen MR) is 118 cm³/mol. The van der Waals surface area contributed by atoms with Crippen LogP contribution in [0, 0.1) is 0 Å². The number of fused-ring (bicyclic) bond motifs is 1. The number of hydrogen-bond donors (Lipinski definition) is 0. The summed E-state index contributed by atoms with van der Waals surface area (Å²) >= 11 is 3.34. The van der Waals surface area contributed by atoms with Gasteiger partial charge in [0, 0.05) is 17.1 Å². The van der Waals surface area contributed by atoms with Crippen LogP contribution in [0.4, 0.5) is 0 Å². The Balaban J connectivity index is 1.69. The molecule has 0 aliphatic carbocycles. The molecule has 160 valence electrons. The van der Waals surface area contributed by atoms with Gasteiger partial charge in [-0.2, -0.15) is 0 Å². The summed E-state index contributed by atoms with van der Waals surface area (Å²) in [5.74, 6) is -0.456. The molecule has 0 fully saturated rings. The minimum absolute atomic E-state index is 0.0335. The van der Waals surface area contributed by atoms with E-state index in [1.807, 2.05) is 0 Å². The first-order chi connectivity index (χ1) is 14.9. The van der Waals surface area contributed by atoms with Gasteiger partial charge in [0.05, 0.1) is 37.9 Å². The molecule has 3 rings (SSSR count). The van der Waals surface area contributed by atoms with Crippen molar-refractivity contribution < 1.29 is 23.8 Å². The number of nitrogens with zero attached hydrogens (tertiary/aromatic N) is 2. The van der Waals surface area contributed by atoms with E-state index in [1.165, 1.54) is 31.2 Å². The fourth-order valence-corrected chi connectivity index (χ4v) is 3.14. The van der Waals surface area contributed by atoms with Crippen molar-refractivity contribution >= 4 is 44.8 Å². The molecule has 0 bridgehead atoms. The van der Waals surface area contributed by atoms with Gasteiger partial charge in [-0.05, 0) is 42.0 Å². The van der Waals surface area contributed by atoms with Gasteiger partial charge in [0.2, 0.25) is 0 Å². The largest absolute Gasteiger partial charge is 0.493 e. The molecule has 0 aliphatic heterocycles. The van der Waals surface area contributed by atoms with Crippen LogP contribution in [0.3, 0.4) is 0 Å². The topological polar surface area (TPSA) is 96.7 Å². The van der Waals surface area contributed by atoms with E-state index in [9.17, 15) is 14.4 Å². The third-order valence-corrected chi connectivity index (χ3v) is 4.86. The molecule has 0 aliphatic rings. The van der Waals surface area contributed by atoms with E-state index in [0.29, 0.717) is 22.2 Å². The number of ether oxygens (including phenoxy) is 3. The third-order valence-electron chi connectivity index (χ3n) is 4.37. The molecule has 0 atom stereocenters. The van der Waals surface area contributed by atoms with Crippen LogP contribution in [-0.2, 0) is 20.9 Å². The fourth-order valence-electron chi connectivity index (χ4n) is 2.78. The van der Waals surface area contributed by atoms with E-state index in [4.69, 9.17) is 9.47 Å².